The smallest absolute Gasteiger partial charge is 0.0409 e. The number of nitrogens with two attached hydrogens (primary N) is 1. The molecular formula is C6H12N4. The zero-order chi connectivity index (χ0) is 7.40. The molecule has 0 spiro atoms. The number of rotatable bonds is 4. The SMILES string of the molecule is [N-]=[N+]=NC[C@@H](N)CC1CC1. The third-order valence-corrected chi connectivity index (χ3v) is 1.71. The van der Waals surface area contributed by atoms with Crippen LogP contribution in [0.15, 0.2) is 5.11 Å². The molecule has 0 aliphatic heterocycles. The molecule has 2 N–H and O–H groups in total. The molecule has 0 saturated heterocycles. The molecule has 0 aromatic rings. The van der Waals surface area contributed by atoms with E-state index in [1.54, 1.807) is 0 Å². The van der Waals surface area contributed by atoms with Gasteiger partial charge in [0, 0.05) is 17.5 Å². The highest BCUT2D eigenvalue weighted by Gasteiger charge is 2.23. The Balaban J connectivity index is 2.07. The van der Waals surface area contributed by atoms with E-state index in [0.29, 0.717) is 6.54 Å². The fraction of sp³-hybridized carbons (Fsp3) is 1.00. The fourth-order valence-corrected chi connectivity index (χ4v) is 0.998. The summed E-state index contributed by atoms with van der Waals surface area (Å²) in [6.07, 6.45) is 3.65. The molecule has 4 nitrogen and oxygen atoms in total. The highest BCUT2D eigenvalue weighted by atomic mass is 15.1. The zero-order valence-corrected chi connectivity index (χ0v) is 5.90. The molecule has 1 fully saturated rings. The molecule has 0 aromatic heterocycles. The molecule has 0 bridgehead atoms. The predicted molar refractivity (Wildman–Crippen MR) is 39.3 cm³/mol. The van der Waals surface area contributed by atoms with Crippen LogP contribution in [0, 0.1) is 5.92 Å². The van der Waals surface area contributed by atoms with E-state index >= 15 is 0 Å². The van der Waals surface area contributed by atoms with Gasteiger partial charge >= 0.3 is 0 Å². The van der Waals surface area contributed by atoms with Gasteiger partial charge in [0.15, 0.2) is 0 Å². The van der Waals surface area contributed by atoms with Gasteiger partial charge in [-0.3, -0.25) is 0 Å². The van der Waals surface area contributed by atoms with E-state index in [0.717, 1.165) is 12.3 Å². The van der Waals surface area contributed by atoms with Crippen LogP contribution in [-0.4, -0.2) is 12.6 Å². The van der Waals surface area contributed by atoms with Gasteiger partial charge in [-0.05, 0) is 17.9 Å². The second kappa shape index (κ2) is 3.44. The average Bonchev–Trinajstić information content (AvgIpc) is 2.67. The Morgan fingerprint density at radius 2 is 2.40 bits per heavy atom. The maximum absolute atomic E-state index is 7.97. The van der Waals surface area contributed by atoms with Crippen LogP contribution in [0.3, 0.4) is 0 Å². The molecular weight excluding hydrogens is 128 g/mol. The van der Waals surface area contributed by atoms with Gasteiger partial charge in [0.05, 0.1) is 0 Å². The fourth-order valence-electron chi connectivity index (χ4n) is 0.998. The first kappa shape index (κ1) is 7.38. The largest absolute Gasteiger partial charge is 0.328 e. The lowest BCUT2D eigenvalue weighted by atomic mass is 10.1. The molecule has 0 aromatic carbocycles. The van der Waals surface area contributed by atoms with Crippen molar-refractivity contribution >= 4 is 0 Å². The molecule has 1 saturated carbocycles. The minimum absolute atomic E-state index is 0.0865. The topological polar surface area (TPSA) is 74.8 Å². The maximum atomic E-state index is 7.97. The molecule has 1 aliphatic carbocycles. The third kappa shape index (κ3) is 2.71. The summed E-state index contributed by atoms with van der Waals surface area (Å²) in [5.41, 5.74) is 13.6. The lowest BCUT2D eigenvalue weighted by Gasteiger charge is -2.04. The quantitative estimate of drug-likeness (QED) is 0.358. The molecule has 0 amide bonds. The summed E-state index contributed by atoms with van der Waals surface area (Å²) < 4.78 is 0. The normalized spacial score (nSPS) is 19.7. The number of nitrogens with zero attached hydrogens (tertiary/aromatic N) is 3. The van der Waals surface area contributed by atoms with Gasteiger partial charge < -0.3 is 5.73 Å². The molecule has 0 radical (unpaired) electrons. The lowest BCUT2D eigenvalue weighted by Crippen LogP contribution is -2.23. The van der Waals surface area contributed by atoms with Crippen LogP contribution in [0.1, 0.15) is 19.3 Å². The summed E-state index contributed by atoms with van der Waals surface area (Å²) in [5, 5.41) is 3.41. The van der Waals surface area contributed by atoms with Crippen LogP contribution in [0.4, 0.5) is 0 Å². The molecule has 56 valence electrons. The minimum Gasteiger partial charge on any atom is -0.328 e. The number of hydrogen-bond donors (Lipinski definition) is 1. The first-order valence-corrected chi connectivity index (χ1v) is 3.59. The summed E-state index contributed by atoms with van der Waals surface area (Å²) in [6.45, 7) is 0.451. The second-order valence-corrected chi connectivity index (χ2v) is 2.85. The zero-order valence-electron chi connectivity index (χ0n) is 5.90. The van der Waals surface area contributed by atoms with E-state index < -0.39 is 0 Å². The van der Waals surface area contributed by atoms with Gasteiger partial charge in [-0.2, -0.15) is 0 Å². The van der Waals surface area contributed by atoms with E-state index in [4.69, 9.17) is 11.3 Å². The van der Waals surface area contributed by atoms with Crippen molar-refractivity contribution < 1.29 is 0 Å². The van der Waals surface area contributed by atoms with Crippen molar-refractivity contribution in [2.75, 3.05) is 6.54 Å². The Labute approximate surface area is 60.0 Å². The molecule has 1 atom stereocenters. The second-order valence-electron chi connectivity index (χ2n) is 2.85. The summed E-state index contributed by atoms with van der Waals surface area (Å²) in [6, 6.07) is 0.0865. The Hall–Kier alpha value is -0.730. The standard InChI is InChI=1S/C6H12N4/c7-6(4-9-10-8)3-5-1-2-5/h5-6H,1-4,7H2/t6-/m0/s1. The minimum atomic E-state index is 0.0865. The number of hydrogen-bond acceptors (Lipinski definition) is 2. The molecule has 4 heteroatoms. The maximum Gasteiger partial charge on any atom is 0.0409 e. The van der Waals surface area contributed by atoms with Crippen molar-refractivity contribution in [2.24, 2.45) is 16.8 Å². The third-order valence-electron chi connectivity index (χ3n) is 1.71. The first-order chi connectivity index (χ1) is 4.83. The number of azide groups is 1. The van der Waals surface area contributed by atoms with E-state index in [1.807, 2.05) is 0 Å². The van der Waals surface area contributed by atoms with Crippen LogP contribution < -0.4 is 5.73 Å². The van der Waals surface area contributed by atoms with Crippen molar-refractivity contribution in [2.45, 2.75) is 25.3 Å². The van der Waals surface area contributed by atoms with Crippen LogP contribution in [0.5, 0.6) is 0 Å². The molecule has 1 rings (SSSR count). The van der Waals surface area contributed by atoms with Crippen molar-refractivity contribution in [3.05, 3.63) is 10.4 Å². The van der Waals surface area contributed by atoms with Crippen LogP contribution in [-0.2, 0) is 0 Å². The van der Waals surface area contributed by atoms with Crippen molar-refractivity contribution in [1.82, 2.24) is 0 Å². The van der Waals surface area contributed by atoms with Gasteiger partial charge in [0.2, 0.25) is 0 Å². The van der Waals surface area contributed by atoms with Gasteiger partial charge in [-0.25, -0.2) is 0 Å². The summed E-state index contributed by atoms with van der Waals surface area (Å²) >= 11 is 0. The van der Waals surface area contributed by atoms with E-state index in [9.17, 15) is 0 Å². The van der Waals surface area contributed by atoms with Gasteiger partial charge in [-0.1, -0.05) is 18.0 Å². The lowest BCUT2D eigenvalue weighted by molar-refractivity contribution is 0.576. The molecule has 0 heterocycles. The van der Waals surface area contributed by atoms with Crippen LogP contribution >= 0.6 is 0 Å². The average molecular weight is 140 g/mol. The Morgan fingerprint density at radius 3 is 2.90 bits per heavy atom. The first-order valence-electron chi connectivity index (χ1n) is 3.59. The highest BCUT2D eigenvalue weighted by Crippen LogP contribution is 2.32. The predicted octanol–water partition coefficient (Wildman–Crippen LogP) is 1.42. The Morgan fingerprint density at radius 1 is 1.70 bits per heavy atom. The van der Waals surface area contributed by atoms with Crippen molar-refractivity contribution in [3.8, 4) is 0 Å². The van der Waals surface area contributed by atoms with Crippen LogP contribution in [0.25, 0.3) is 10.4 Å². The molecule has 0 unspecified atom stereocenters. The van der Waals surface area contributed by atoms with Crippen molar-refractivity contribution in [3.63, 3.8) is 0 Å². The molecule has 1 aliphatic rings. The van der Waals surface area contributed by atoms with Gasteiger partial charge in [-0.15, -0.1) is 0 Å². The Kier molecular flexibility index (Phi) is 2.54. The summed E-state index contributed by atoms with van der Waals surface area (Å²) in [4.78, 5) is 2.65. The molecule has 10 heavy (non-hydrogen) atoms. The summed E-state index contributed by atoms with van der Waals surface area (Å²) in [7, 11) is 0. The summed E-state index contributed by atoms with van der Waals surface area (Å²) in [5.74, 6) is 0.823. The highest BCUT2D eigenvalue weighted by molar-refractivity contribution is 4.79. The van der Waals surface area contributed by atoms with E-state index in [2.05, 4.69) is 10.0 Å². The monoisotopic (exact) mass is 140 g/mol. The van der Waals surface area contributed by atoms with Crippen molar-refractivity contribution in [1.29, 1.82) is 0 Å². The van der Waals surface area contributed by atoms with Crippen LogP contribution in [0.2, 0.25) is 0 Å². The van der Waals surface area contributed by atoms with Gasteiger partial charge in [0.25, 0.3) is 0 Å². The van der Waals surface area contributed by atoms with E-state index in [-0.39, 0.29) is 6.04 Å². The van der Waals surface area contributed by atoms with Gasteiger partial charge in [0.1, 0.15) is 0 Å². The Bertz CT molecular complexity index is 146. The van der Waals surface area contributed by atoms with E-state index in [1.165, 1.54) is 12.8 Å².